The number of aromatic nitrogens is 2. The molecular weight excluding hydrogens is 290 g/mol. The van der Waals surface area contributed by atoms with Crippen LogP contribution < -0.4 is 10.0 Å². The van der Waals surface area contributed by atoms with Crippen LogP contribution in [-0.2, 0) is 10.2 Å². The van der Waals surface area contributed by atoms with Crippen molar-refractivity contribution in [3.63, 3.8) is 0 Å². The summed E-state index contributed by atoms with van der Waals surface area (Å²) < 4.78 is 28.5. The molecule has 0 spiro atoms. The minimum absolute atomic E-state index is 0.488. The molecule has 3 rings (SSSR count). The van der Waals surface area contributed by atoms with E-state index >= 15 is 0 Å². The molecule has 0 aliphatic carbocycles. The van der Waals surface area contributed by atoms with Gasteiger partial charge in [-0.2, -0.15) is 17.8 Å². The highest BCUT2D eigenvalue weighted by atomic mass is 32.2. The van der Waals surface area contributed by atoms with Gasteiger partial charge in [-0.15, -0.1) is 0 Å². The molecule has 1 saturated heterocycles. The largest absolute Gasteiger partial charge is 0.314 e. The molecule has 2 heterocycles. The SMILES string of the molecule is O=S(=O)(Nc1ccc(-c2ccn[nH]2)cc1)N1CCNCC1. The van der Waals surface area contributed by atoms with E-state index in [0.717, 1.165) is 11.3 Å². The minimum atomic E-state index is -3.48. The van der Waals surface area contributed by atoms with E-state index in [-0.39, 0.29) is 0 Å². The zero-order valence-corrected chi connectivity index (χ0v) is 12.2. The maximum absolute atomic E-state index is 12.2. The highest BCUT2D eigenvalue weighted by Crippen LogP contribution is 2.20. The molecule has 0 saturated carbocycles. The number of H-pyrrole nitrogens is 1. The van der Waals surface area contributed by atoms with Crippen LogP contribution in [0.15, 0.2) is 36.5 Å². The molecule has 0 amide bonds. The Kier molecular flexibility index (Phi) is 3.91. The lowest BCUT2D eigenvalue weighted by molar-refractivity contribution is 0.362. The topological polar surface area (TPSA) is 90.1 Å². The Balaban J connectivity index is 1.72. The number of rotatable bonds is 4. The van der Waals surface area contributed by atoms with E-state index in [0.29, 0.717) is 31.9 Å². The predicted octanol–water partition coefficient (Wildman–Crippen LogP) is 0.639. The summed E-state index contributed by atoms with van der Waals surface area (Å²) in [5.41, 5.74) is 2.40. The second-order valence-corrected chi connectivity index (χ2v) is 6.47. The first kappa shape index (κ1) is 14.1. The average molecular weight is 307 g/mol. The van der Waals surface area contributed by atoms with Crippen molar-refractivity contribution in [1.29, 1.82) is 0 Å². The van der Waals surface area contributed by atoms with E-state index in [9.17, 15) is 8.42 Å². The summed E-state index contributed by atoms with van der Waals surface area (Å²) in [6.07, 6.45) is 1.68. The van der Waals surface area contributed by atoms with Gasteiger partial charge < -0.3 is 5.32 Å². The molecule has 1 aromatic heterocycles. The molecule has 3 N–H and O–H groups in total. The van der Waals surface area contributed by atoms with Crippen LogP contribution in [0.25, 0.3) is 11.3 Å². The molecule has 7 nitrogen and oxygen atoms in total. The second-order valence-electron chi connectivity index (χ2n) is 4.80. The molecule has 0 radical (unpaired) electrons. The Morgan fingerprint density at radius 2 is 1.81 bits per heavy atom. The van der Waals surface area contributed by atoms with E-state index in [4.69, 9.17) is 0 Å². The number of benzene rings is 1. The van der Waals surface area contributed by atoms with Gasteiger partial charge in [-0.25, -0.2) is 0 Å². The van der Waals surface area contributed by atoms with Gasteiger partial charge in [0.1, 0.15) is 0 Å². The molecule has 1 aromatic carbocycles. The van der Waals surface area contributed by atoms with Gasteiger partial charge in [-0.1, -0.05) is 12.1 Å². The van der Waals surface area contributed by atoms with E-state index < -0.39 is 10.2 Å². The number of hydrogen-bond donors (Lipinski definition) is 3. The van der Waals surface area contributed by atoms with Gasteiger partial charge in [0, 0.05) is 38.1 Å². The number of piperazine rings is 1. The Hall–Kier alpha value is -1.90. The van der Waals surface area contributed by atoms with Gasteiger partial charge in [0.15, 0.2) is 0 Å². The smallest absolute Gasteiger partial charge is 0.301 e. The van der Waals surface area contributed by atoms with E-state index in [2.05, 4.69) is 20.2 Å². The van der Waals surface area contributed by atoms with Gasteiger partial charge in [0.2, 0.25) is 0 Å². The average Bonchev–Trinajstić information content (AvgIpc) is 3.03. The zero-order chi connectivity index (χ0) is 14.7. The van der Waals surface area contributed by atoms with Crippen LogP contribution in [0.2, 0.25) is 0 Å². The van der Waals surface area contributed by atoms with Crippen molar-refractivity contribution in [2.75, 3.05) is 30.9 Å². The third-order valence-electron chi connectivity index (χ3n) is 3.36. The molecule has 0 bridgehead atoms. The highest BCUT2D eigenvalue weighted by molar-refractivity contribution is 7.90. The number of nitrogens with one attached hydrogen (secondary N) is 3. The molecule has 21 heavy (non-hydrogen) atoms. The van der Waals surface area contributed by atoms with E-state index in [1.165, 1.54) is 4.31 Å². The Labute approximate surface area is 123 Å². The standard InChI is InChI=1S/C13H17N5O2S/c19-21(20,18-9-7-14-8-10-18)17-12-3-1-11(2-4-12)13-5-6-15-16-13/h1-6,14,17H,7-10H2,(H,15,16). The monoisotopic (exact) mass is 307 g/mol. The normalized spacial score (nSPS) is 16.8. The predicted molar refractivity (Wildman–Crippen MR) is 81.0 cm³/mol. The van der Waals surface area contributed by atoms with Crippen molar-refractivity contribution in [1.82, 2.24) is 19.8 Å². The Bertz CT molecular complexity index is 676. The summed E-state index contributed by atoms with van der Waals surface area (Å²) in [6, 6.07) is 9.05. The minimum Gasteiger partial charge on any atom is -0.314 e. The van der Waals surface area contributed by atoms with Crippen LogP contribution in [0.1, 0.15) is 0 Å². The van der Waals surface area contributed by atoms with Crippen LogP contribution in [0.3, 0.4) is 0 Å². The van der Waals surface area contributed by atoms with Gasteiger partial charge in [0.25, 0.3) is 0 Å². The summed E-state index contributed by atoms with van der Waals surface area (Å²) in [6.45, 7) is 2.34. The van der Waals surface area contributed by atoms with E-state index in [1.54, 1.807) is 18.3 Å². The third-order valence-corrected chi connectivity index (χ3v) is 4.90. The molecule has 0 atom stereocenters. The number of anilines is 1. The maximum Gasteiger partial charge on any atom is 0.301 e. The Morgan fingerprint density at radius 3 is 2.43 bits per heavy atom. The molecule has 1 aliphatic heterocycles. The lowest BCUT2D eigenvalue weighted by Gasteiger charge is -2.26. The quantitative estimate of drug-likeness (QED) is 0.773. The van der Waals surface area contributed by atoms with Gasteiger partial charge in [0.05, 0.1) is 5.69 Å². The second kappa shape index (κ2) is 5.84. The number of nitrogens with zero attached hydrogens (tertiary/aromatic N) is 2. The summed E-state index contributed by atoms with van der Waals surface area (Å²) in [5, 5.41) is 9.89. The molecule has 2 aromatic rings. The first-order valence-electron chi connectivity index (χ1n) is 6.73. The zero-order valence-electron chi connectivity index (χ0n) is 11.4. The maximum atomic E-state index is 12.2. The molecule has 1 aliphatic rings. The highest BCUT2D eigenvalue weighted by Gasteiger charge is 2.23. The van der Waals surface area contributed by atoms with Crippen LogP contribution in [0.5, 0.6) is 0 Å². The lowest BCUT2D eigenvalue weighted by Crippen LogP contribution is -2.48. The van der Waals surface area contributed by atoms with Crippen molar-refractivity contribution in [2.24, 2.45) is 0 Å². The number of aromatic amines is 1. The molecule has 8 heteroatoms. The summed E-state index contributed by atoms with van der Waals surface area (Å²) in [5.74, 6) is 0. The van der Waals surface area contributed by atoms with Crippen molar-refractivity contribution in [3.8, 4) is 11.3 Å². The van der Waals surface area contributed by atoms with Crippen LogP contribution in [0.4, 0.5) is 5.69 Å². The summed E-state index contributed by atoms with van der Waals surface area (Å²) in [4.78, 5) is 0. The fourth-order valence-corrected chi connectivity index (χ4v) is 3.46. The first-order valence-corrected chi connectivity index (χ1v) is 8.17. The van der Waals surface area contributed by atoms with E-state index in [1.807, 2.05) is 18.2 Å². The molecule has 0 unspecified atom stereocenters. The fraction of sp³-hybridized carbons (Fsp3) is 0.308. The van der Waals surface area contributed by atoms with Gasteiger partial charge >= 0.3 is 10.2 Å². The Morgan fingerprint density at radius 1 is 1.10 bits per heavy atom. The lowest BCUT2D eigenvalue weighted by atomic mass is 10.1. The third kappa shape index (κ3) is 3.23. The fourth-order valence-electron chi connectivity index (χ4n) is 2.23. The van der Waals surface area contributed by atoms with Crippen molar-refractivity contribution in [3.05, 3.63) is 36.5 Å². The molecule has 1 fully saturated rings. The summed E-state index contributed by atoms with van der Waals surface area (Å²) >= 11 is 0. The van der Waals surface area contributed by atoms with Crippen molar-refractivity contribution >= 4 is 15.9 Å². The molecule has 112 valence electrons. The molecular formula is C13H17N5O2S. The number of hydrogen-bond acceptors (Lipinski definition) is 4. The van der Waals surface area contributed by atoms with Crippen molar-refractivity contribution in [2.45, 2.75) is 0 Å². The van der Waals surface area contributed by atoms with Crippen LogP contribution in [-0.4, -0.2) is 49.1 Å². The van der Waals surface area contributed by atoms with Gasteiger partial charge in [-0.3, -0.25) is 9.82 Å². The van der Waals surface area contributed by atoms with Gasteiger partial charge in [-0.05, 0) is 23.8 Å². The van der Waals surface area contributed by atoms with Crippen molar-refractivity contribution < 1.29 is 8.42 Å². The van der Waals surface area contributed by atoms with Crippen LogP contribution in [0, 0.1) is 0 Å². The first-order chi connectivity index (χ1) is 10.1. The summed E-state index contributed by atoms with van der Waals surface area (Å²) in [7, 11) is -3.48. The van der Waals surface area contributed by atoms with Crippen LogP contribution >= 0.6 is 0 Å².